The van der Waals surface area contributed by atoms with Gasteiger partial charge in [-0.1, -0.05) is 30.5 Å². The zero-order valence-corrected chi connectivity index (χ0v) is 11.9. The van der Waals surface area contributed by atoms with E-state index in [9.17, 15) is 4.39 Å². The van der Waals surface area contributed by atoms with Crippen LogP contribution in [0.1, 0.15) is 31.2 Å². The average molecular weight is 290 g/mol. The number of benzene rings is 1. The molecule has 0 amide bonds. The van der Waals surface area contributed by atoms with Crippen LogP contribution in [0.5, 0.6) is 0 Å². The van der Waals surface area contributed by atoms with E-state index < -0.39 is 0 Å². The second-order valence-corrected chi connectivity index (χ2v) is 5.59. The van der Waals surface area contributed by atoms with Crippen molar-refractivity contribution < 1.29 is 4.39 Å². The van der Waals surface area contributed by atoms with Crippen molar-refractivity contribution in [3.05, 3.63) is 34.6 Å². The molecule has 1 atom stereocenters. The molecule has 18 heavy (non-hydrogen) atoms. The molecular formula is C14H18Cl2FN. The van der Waals surface area contributed by atoms with E-state index >= 15 is 0 Å². The normalized spacial score (nSPS) is 21.8. The first-order valence-electron chi connectivity index (χ1n) is 6.44. The zero-order chi connectivity index (χ0) is 13.0. The van der Waals surface area contributed by atoms with Gasteiger partial charge in [0.25, 0.3) is 0 Å². The van der Waals surface area contributed by atoms with Crippen molar-refractivity contribution in [2.75, 3.05) is 12.4 Å². The molecule has 1 fully saturated rings. The van der Waals surface area contributed by atoms with E-state index in [0.717, 1.165) is 25.1 Å². The van der Waals surface area contributed by atoms with E-state index in [-0.39, 0.29) is 10.8 Å². The minimum Gasteiger partial charge on any atom is -0.295 e. The van der Waals surface area contributed by atoms with Crippen molar-refractivity contribution in [3.8, 4) is 0 Å². The summed E-state index contributed by atoms with van der Waals surface area (Å²) in [6, 6.07) is 5.45. The maximum Gasteiger partial charge on any atom is 0.142 e. The van der Waals surface area contributed by atoms with E-state index in [1.807, 2.05) is 6.07 Å². The van der Waals surface area contributed by atoms with E-state index in [2.05, 4.69) is 4.90 Å². The SMILES string of the molecule is Fc1cc(CN2CCCCCC2CCl)ccc1Cl. The highest BCUT2D eigenvalue weighted by atomic mass is 35.5. The van der Waals surface area contributed by atoms with Gasteiger partial charge in [-0.05, 0) is 37.1 Å². The molecule has 0 aromatic heterocycles. The Balaban J connectivity index is 2.07. The van der Waals surface area contributed by atoms with Gasteiger partial charge >= 0.3 is 0 Å². The molecule has 1 nitrogen and oxygen atoms in total. The number of rotatable bonds is 3. The minimum absolute atomic E-state index is 0.184. The van der Waals surface area contributed by atoms with Crippen LogP contribution in [-0.2, 0) is 6.54 Å². The third-order valence-electron chi connectivity index (χ3n) is 3.55. The van der Waals surface area contributed by atoms with Gasteiger partial charge in [-0.2, -0.15) is 0 Å². The quantitative estimate of drug-likeness (QED) is 0.743. The Kier molecular flexibility index (Phi) is 5.28. The lowest BCUT2D eigenvalue weighted by Crippen LogP contribution is -2.35. The Hall–Kier alpha value is -0.310. The number of hydrogen-bond donors (Lipinski definition) is 0. The fraction of sp³-hybridized carbons (Fsp3) is 0.571. The summed E-state index contributed by atoms with van der Waals surface area (Å²) in [5.74, 6) is 0.308. The number of nitrogens with zero attached hydrogens (tertiary/aromatic N) is 1. The van der Waals surface area contributed by atoms with Crippen LogP contribution >= 0.6 is 23.2 Å². The van der Waals surface area contributed by atoms with Crippen LogP contribution < -0.4 is 0 Å². The standard InChI is InChI=1S/C14H18Cl2FN/c15-9-12-4-2-1-3-7-18(12)10-11-5-6-13(16)14(17)8-11/h5-6,8,12H,1-4,7,9-10H2. The van der Waals surface area contributed by atoms with Crippen LogP contribution in [0.2, 0.25) is 5.02 Å². The monoisotopic (exact) mass is 289 g/mol. The van der Waals surface area contributed by atoms with Crippen LogP contribution in [0.3, 0.4) is 0 Å². The number of hydrogen-bond acceptors (Lipinski definition) is 1. The summed E-state index contributed by atoms with van der Waals surface area (Å²) in [5.41, 5.74) is 0.967. The summed E-state index contributed by atoms with van der Waals surface area (Å²) in [6.07, 6.45) is 4.84. The predicted octanol–water partition coefficient (Wildman–Crippen LogP) is 4.46. The summed E-state index contributed by atoms with van der Waals surface area (Å²) >= 11 is 11.7. The second kappa shape index (κ2) is 6.74. The lowest BCUT2D eigenvalue weighted by molar-refractivity contribution is 0.207. The van der Waals surface area contributed by atoms with Crippen molar-refractivity contribution in [2.24, 2.45) is 0 Å². The summed E-state index contributed by atoms with van der Waals surface area (Å²) in [7, 11) is 0. The van der Waals surface area contributed by atoms with E-state index in [1.54, 1.807) is 6.07 Å². The Morgan fingerprint density at radius 2 is 2.11 bits per heavy atom. The third-order valence-corrected chi connectivity index (χ3v) is 4.21. The highest BCUT2D eigenvalue weighted by molar-refractivity contribution is 6.30. The minimum atomic E-state index is -0.341. The molecule has 1 aliphatic heterocycles. The van der Waals surface area contributed by atoms with Crippen molar-refractivity contribution >= 4 is 23.2 Å². The second-order valence-electron chi connectivity index (χ2n) is 4.88. The highest BCUT2D eigenvalue weighted by Gasteiger charge is 2.20. The zero-order valence-electron chi connectivity index (χ0n) is 10.3. The van der Waals surface area contributed by atoms with Gasteiger partial charge in [0.1, 0.15) is 5.82 Å². The van der Waals surface area contributed by atoms with Gasteiger partial charge in [0.2, 0.25) is 0 Å². The molecule has 1 aromatic carbocycles. The fourth-order valence-electron chi connectivity index (χ4n) is 2.49. The Morgan fingerprint density at radius 1 is 1.28 bits per heavy atom. The first-order valence-corrected chi connectivity index (χ1v) is 7.36. The van der Waals surface area contributed by atoms with Crippen molar-refractivity contribution in [2.45, 2.75) is 38.3 Å². The van der Waals surface area contributed by atoms with Gasteiger partial charge in [0.15, 0.2) is 0 Å². The third kappa shape index (κ3) is 3.59. The van der Waals surface area contributed by atoms with Crippen LogP contribution in [0.15, 0.2) is 18.2 Å². The Labute approximate surface area is 118 Å². The van der Waals surface area contributed by atoms with E-state index in [1.165, 1.54) is 25.3 Å². The van der Waals surface area contributed by atoms with Gasteiger partial charge in [0.05, 0.1) is 5.02 Å². The Morgan fingerprint density at radius 3 is 2.83 bits per heavy atom. The average Bonchev–Trinajstić information content (AvgIpc) is 2.59. The number of halogens is 3. The van der Waals surface area contributed by atoms with Crippen molar-refractivity contribution in [1.29, 1.82) is 0 Å². The summed E-state index contributed by atoms with van der Waals surface area (Å²) < 4.78 is 13.4. The lowest BCUT2D eigenvalue weighted by Gasteiger charge is -2.28. The van der Waals surface area contributed by atoms with Crippen LogP contribution in [0.4, 0.5) is 4.39 Å². The topological polar surface area (TPSA) is 3.24 Å². The molecule has 0 saturated carbocycles. The first kappa shape index (κ1) is 14.1. The lowest BCUT2D eigenvalue weighted by atomic mass is 10.1. The molecular weight excluding hydrogens is 272 g/mol. The maximum atomic E-state index is 13.4. The van der Waals surface area contributed by atoms with Crippen molar-refractivity contribution in [1.82, 2.24) is 4.90 Å². The molecule has 0 aliphatic carbocycles. The molecule has 2 rings (SSSR count). The largest absolute Gasteiger partial charge is 0.295 e. The summed E-state index contributed by atoms with van der Waals surface area (Å²) in [5, 5.41) is 0.184. The van der Waals surface area contributed by atoms with E-state index in [0.29, 0.717) is 11.9 Å². The van der Waals surface area contributed by atoms with Gasteiger partial charge in [0, 0.05) is 18.5 Å². The summed E-state index contributed by atoms with van der Waals surface area (Å²) in [4.78, 5) is 2.36. The van der Waals surface area contributed by atoms with E-state index in [4.69, 9.17) is 23.2 Å². The predicted molar refractivity (Wildman–Crippen MR) is 74.8 cm³/mol. The van der Waals surface area contributed by atoms with Crippen molar-refractivity contribution in [3.63, 3.8) is 0 Å². The van der Waals surface area contributed by atoms with Gasteiger partial charge in [-0.25, -0.2) is 4.39 Å². The first-order chi connectivity index (χ1) is 8.70. The fourth-order valence-corrected chi connectivity index (χ4v) is 2.96. The number of likely N-dealkylation sites (tertiary alicyclic amines) is 1. The molecule has 4 heteroatoms. The van der Waals surface area contributed by atoms with Gasteiger partial charge in [-0.3, -0.25) is 4.90 Å². The molecule has 1 aliphatic rings. The molecule has 0 radical (unpaired) electrons. The number of alkyl halides is 1. The van der Waals surface area contributed by atoms with Crippen LogP contribution in [0, 0.1) is 5.82 Å². The highest BCUT2D eigenvalue weighted by Crippen LogP contribution is 2.22. The molecule has 100 valence electrons. The van der Waals surface area contributed by atoms with Gasteiger partial charge < -0.3 is 0 Å². The molecule has 1 saturated heterocycles. The summed E-state index contributed by atoms with van der Waals surface area (Å²) in [6.45, 7) is 1.80. The molecule has 1 heterocycles. The smallest absolute Gasteiger partial charge is 0.142 e. The molecule has 1 unspecified atom stereocenters. The van der Waals surface area contributed by atoms with Gasteiger partial charge in [-0.15, -0.1) is 11.6 Å². The molecule has 0 N–H and O–H groups in total. The molecule has 0 spiro atoms. The Bertz CT molecular complexity index is 397. The van der Waals surface area contributed by atoms with Crippen LogP contribution in [0.25, 0.3) is 0 Å². The maximum absolute atomic E-state index is 13.4. The molecule has 0 bridgehead atoms. The molecule has 1 aromatic rings. The van der Waals surface area contributed by atoms with Crippen LogP contribution in [-0.4, -0.2) is 23.4 Å².